The SMILES string of the molecule is CCOC(C)C1(CC)C(=O)NC(=O)NC1=O. The smallest absolute Gasteiger partial charge is 0.328 e. The van der Waals surface area contributed by atoms with Crippen molar-refractivity contribution >= 4 is 17.8 Å². The van der Waals surface area contributed by atoms with Crippen LogP contribution in [0.2, 0.25) is 0 Å². The summed E-state index contributed by atoms with van der Waals surface area (Å²) in [5, 5.41) is 4.20. The van der Waals surface area contributed by atoms with E-state index in [4.69, 9.17) is 4.74 Å². The highest BCUT2D eigenvalue weighted by molar-refractivity contribution is 6.19. The summed E-state index contributed by atoms with van der Waals surface area (Å²) < 4.78 is 5.32. The van der Waals surface area contributed by atoms with Gasteiger partial charge in [-0.15, -0.1) is 0 Å². The van der Waals surface area contributed by atoms with Crippen LogP contribution in [0.3, 0.4) is 0 Å². The molecule has 90 valence electrons. The number of imide groups is 2. The van der Waals surface area contributed by atoms with Crippen LogP contribution in [-0.4, -0.2) is 30.6 Å². The topological polar surface area (TPSA) is 84.5 Å². The number of hydrogen-bond acceptors (Lipinski definition) is 4. The van der Waals surface area contributed by atoms with Crippen molar-refractivity contribution in [1.82, 2.24) is 10.6 Å². The maximum Gasteiger partial charge on any atom is 0.328 e. The first-order chi connectivity index (χ1) is 7.48. The third-order valence-corrected chi connectivity index (χ3v) is 2.93. The number of urea groups is 1. The molecule has 1 aliphatic heterocycles. The molecule has 0 aromatic heterocycles. The van der Waals surface area contributed by atoms with E-state index < -0.39 is 29.4 Å². The minimum absolute atomic E-state index is 0.277. The van der Waals surface area contributed by atoms with E-state index in [0.717, 1.165) is 0 Å². The molecule has 6 nitrogen and oxygen atoms in total. The van der Waals surface area contributed by atoms with Gasteiger partial charge in [-0.2, -0.15) is 0 Å². The Morgan fingerprint density at radius 2 is 1.69 bits per heavy atom. The van der Waals surface area contributed by atoms with Crippen LogP contribution in [0.4, 0.5) is 4.79 Å². The highest BCUT2D eigenvalue weighted by Crippen LogP contribution is 2.31. The molecule has 1 rings (SSSR count). The molecule has 6 heteroatoms. The van der Waals surface area contributed by atoms with Crippen molar-refractivity contribution in [1.29, 1.82) is 0 Å². The summed E-state index contributed by atoms with van der Waals surface area (Å²) in [5.74, 6) is -1.19. The highest BCUT2D eigenvalue weighted by Gasteiger charge is 2.53. The Morgan fingerprint density at radius 3 is 2.06 bits per heavy atom. The van der Waals surface area contributed by atoms with E-state index in [-0.39, 0.29) is 6.42 Å². The van der Waals surface area contributed by atoms with Gasteiger partial charge in [0.25, 0.3) is 0 Å². The van der Waals surface area contributed by atoms with Gasteiger partial charge in [0.1, 0.15) is 0 Å². The molecule has 0 aromatic carbocycles. The van der Waals surface area contributed by atoms with Gasteiger partial charge in [0.2, 0.25) is 11.8 Å². The minimum Gasteiger partial charge on any atom is -0.377 e. The van der Waals surface area contributed by atoms with Gasteiger partial charge in [-0.25, -0.2) is 4.79 Å². The molecule has 1 unspecified atom stereocenters. The first-order valence-electron chi connectivity index (χ1n) is 5.27. The fourth-order valence-electron chi connectivity index (χ4n) is 1.93. The van der Waals surface area contributed by atoms with Crippen LogP contribution >= 0.6 is 0 Å². The number of hydrogen-bond donors (Lipinski definition) is 2. The molecule has 0 bridgehead atoms. The summed E-state index contributed by atoms with van der Waals surface area (Å²) in [7, 11) is 0. The van der Waals surface area contributed by atoms with Gasteiger partial charge in [0.05, 0.1) is 6.10 Å². The second kappa shape index (κ2) is 4.61. The number of carbonyl (C=O) groups is 3. The Morgan fingerprint density at radius 1 is 1.19 bits per heavy atom. The average molecular weight is 228 g/mol. The monoisotopic (exact) mass is 228 g/mol. The quantitative estimate of drug-likeness (QED) is 0.672. The predicted molar refractivity (Wildman–Crippen MR) is 55.5 cm³/mol. The highest BCUT2D eigenvalue weighted by atomic mass is 16.5. The van der Waals surface area contributed by atoms with Gasteiger partial charge < -0.3 is 4.74 Å². The molecule has 1 saturated heterocycles. The molecule has 1 heterocycles. The molecule has 1 atom stereocenters. The fraction of sp³-hybridized carbons (Fsp3) is 0.700. The van der Waals surface area contributed by atoms with Crippen molar-refractivity contribution in [3.05, 3.63) is 0 Å². The van der Waals surface area contributed by atoms with E-state index in [9.17, 15) is 14.4 Å². The van der Waals surface area contributed by atoms with Crippen LogP contribution in [0.25, 0.3) is 0 Å². The summed E-state index contributed by atoms with van der Waals surface area (Å²) in [6.45, 7) is 5.55. The molecule has 0 radical (unpaired) electrons. The van der Waals surface area contributed by atoms with Crippen LogP contribution in [0.1, 0.15) is 27.2 Å². The molecule has 0 saturated carbocycles. The van der Waals surface area contributed by atoms with Gasteiger partial charge in [-0.3, -0.25) is 20.2 Å². The maximum absolute atomic E-state index is 11.8. The molecule has 0 spiro atoms. The summed E-state index contributed by atoms with van der Waals surface area (Å²) in [6, 6.07) is -0.775. The van der Waals surface area contributed by atoms with Crippen LogP contribution in [0, 0.1) is 5.41 Å². The number of barbiturate groups is 1. The Kier molecular flexibility index (Phi) is 3.64. The molecule has 0 aromatic rings. The van der Waals surface area contributed by atoms with E-state index in [2.05, 4.69) is 10.6 Å². The van der Waals surface area contributed by atoms with Crippen molar-refractivity contribution in [3.63, 3.8) is 0 Å². The van der Waals surface area contributed by atoms with Crippen LogP contribution in [0.15, 0.2) is 0 Å². The number of rotatable bonds is 4. The van der Waals surface area contributed by atoms with Crippen molar-refractivity contribution in [2.45, 2.75) is 33.3 Å². The largest absolute Gasteiger partial charge is 0.377 e. The Bertz CT molecular complexity index is 307. The standard InChI is InChI=1S/C10H16N2O4/c1-4-10(6(3)16-5-2)7(13)11-9(15)12-8(10)14/h6H,4-5H2,1-3H3,(H2,11,12,13,14,15). The van der Waals surface area contributed by atoms with Gasteiger partial charge in [-0.1, -0.05) is 6.92 Å². The van der Waals surface area contributed by atoms with Gasteiger partial charge >= 0.3 is 6.03 Å². The first-order valence-corrected chi connectivity index (χ1v) is 5.27. The van der Waals surface area contributed by atoms with Gasteiger partial charge in [0.15, 0.2) is 5.41 Å². The second-order valence-electron chi connectivity index (χ2n) is 3.66. The predicted octanol–water partition coefficient (Wildman–Crippen LogP) is 0.174. The molecule has 1 fully saturated rings. The lowest BCUT2D eigenvalue weighted by atomic mass is 9.77. The first kappa shape index (κ1) is 12.6. The van der Waals surface area contributed by atoms with Crippen molar-refractivity contribution in [3.8, 4) is 0 Å². The van der Waals surface area contributed by atoms with Crippen molar-refractivity contribution < 1.29 is 19.1 Å². The van der Waals surface area contributed by atoms with Crippen LogP contribution in [0.5, 0.6) is 0 Å². The lowest BCUT2D eigenvalue weighted by molar-refractivity contribution is -0.155. The molecule has 16 heavy (non-hydrogen) atoms. The maximum atomic E-state index is 11.8. The molecule has 1 aliphatic rings. The number of ether oxygens (including phenoxy) is 1. The van der Waals surface area contributed by atoms with Crippen molar-refractivity contribution in [2.24, 2.45) is 5.41 Å². The van der Waals surface area contributed by atoms with Gasteiger partial charge in [0, 0.05) is 6.61 Å². The van der Waals surface area contributed by atoms with E-state index in [1.807, 2.05) is 0 Å². The lowest BCUT2D eigenvalue weighted by Gasteiger charge is -2.37. The Balaban J connectivity index is 3.05. The zero-order valence-corrected chi connectivity index (χ0v) is 9.62. The average Bonchev–Trinajstić information content (AvgIpc) is 2.18. The number of carbonyl (C=O) groups excluding carboxylic acids is 3. The fourth-order valence-corrected chi connectivity index (χ4v) is 1.93. The molecule has 4 amide bonds. The molecular formula is C10H16N2O4. The van der Waals surface area contributed by atoms with Crippen LogP contribution < -0.4 is 10.6 Å². The van der Waals surface area contributed by atoms with E-state index in [1.54, 1.807) is 20.8 Å². The zero-order chi connectivity index (χ0) is 12.3. The normalized spacial score (nSPS) is 21.3. The summed E-state index contributed by atoms with van der Waals surface area (Å²) >= 11 is 0. The molecule has 2 N–H and O–H groups in total. The van der Waals surface area contributed by atoms with Crippen molar-refractivity contribution in [2.75, 3.05) is 6.61 Å². The third-order valence-electron chi connectivity index (χ3n) is 2.93. The van der Waals surface area contributed by atoms with E-state index in [0.29, 0.717) is 6.61 Å². The summed E-state index contributed by atoms with van der Waals surface area (Å²) in [6.07, 6.45) is -0.297. The zero-order valence-electron chi connectivity index (χ0n) is 9.62. The minimum atomic E-state index is -1.32. The molecule has 0 aliphatic carbocycles. The number of amides is 4. The lowest BCUT2D eigenvalue weighted by Crippen LogP contribution is -2.66. The number of nitrogens with one attached hydrogen (secondary N) is 2. The third kappa shape index (κ3) is 1.80. The molecular weight excluding hydrogens is 212 g/mol. The van der Waals surface area contributed by atoms with Gasteiger partial charge in [-0.05, 0) is 20.3 Å². The van der Waals surface area contributed by atoms with Crippen LogP contribution in [-0.2, 0) is 14.3 Å². The van der Waals surface area contributed by atoms with E-state index in [1.165, 1.54) is 0 Å². The summed E-state index contributed by atoms with van der Waals surface area (Å²) in [5.41, 5.74) is -1.32. The summed E-state index contributed by atoms with van der Waals surface area (Å²) in [4.78, 5) is 34.6. The Labute approximate surface area is 93.7 Å². The Hall–Kier alpha value is -1.43. The van der Waals surface area contributed by atoms with E-state index >= 15 is 0 Å². The second-order valence-corrected chi connectivity index (χ2v) is 3.66.